The van der Waals surface area contributed by atoms with Crippen LogP contribution in [0.5, 0.6) is 0 Å². The van der Waals surface area contributed by atoms with Gasteiger partial charge in [-0.25, -0.2) is 8.78 Å². The van der Waals surface area contributed by atoms with Crippen molar-refractivity contribution < 1.29 is 172 Å². The first-order valence-corrected chi connectivity index (χ1v) is 19.6. The molecule has 0 fully saturated rings. The minimum absolute atomic E-state index is 0.124. The Balaban J connectivity index is 5.99. The molecule has 0 rings (SSSR count). The van der Waals surface area contributed by atoms with Crippen molar-refractivity contribution in [3.8, 4) is 0 Å². The van der Waals surface area contributed by atoms with Crippen molar-refractivity contribution in [2.24, 2.45) is 11.8 Å². The molecule has 0 saturated carbocycles. The third-order valence-electron chi connectivity index (χ3n) is 11.0. The fourth-order valence-corrected chi connectivity index (χ4v) is 6.52. The molecule has 448 valence electrons. The largest absolute Gasteiger partial charge is 0.438 e. The Morgan fingerprint density at radius 2 is 0.467 bits per heavy atom. The molecule has 0 aliphatic rings. The van der Waals surface area contributed by atoms with Crippen LogP contribution in [0.2, 0.25) is 0 Å². The van der Waals surface area contributed by atoms with E-state index in [9.17, 15) is 167 Å². The van der Waals surface area contributed by atoms with E-state index in [1.165, 1.54) is 0 Å². The highest BCUT2D eigenvalue weighted by Crippen LogP contribution is 2.69. The van der Waals surface area contributed by atoms with Crippen molar-refractivity contribution >= 4 is 0 Å². The van der Waals surface area contributed by atoms with Crippen LogP contribution in [0.4, 0.5) is 167 Å². The summed E-state index contributed by atoms with van der Waals surface area (Å²) in [7, 11) is 0. The van der Waals surface area contributed by atoms with Crippen LogP contribution in [0.1, 0.15) is 64.2 Å². The predicted octanol–water partition coefficient (Wildman–Crippen LogP) is 17.8. The molecule has 0 N–H and O–H groups in total. The number of hydrogen-bond acceptors (Lipinski definition) is 1. The van der Waals surface area contributed by atoms with E-state index in [0.717, 1.165) is 0 Å². The predicted molar refractivity (Wildman–Crippen MR) is 176 cm³/mol. The molecular weight excluding hydrogens is 1170 g/mol. The van der Waals surface area contributed by atoms with Gasteiger partial charge in [-0.2, -0.15) is 158 Å². The summed E-state index contributed by atoms with van der Waals surface area (Å²) in [5.74, 6) is -110. The van der Waals surface area contributed by atoms with E-state index in [4.69, 9.17) is 4.74 Å². The van der Waals surface area contributed by atoms with Gasteiger partial charge in [-0.15, -0.1) is 13.2 Å². The van der Waals surface area contributed by atoms with E-state index in [-0.39, 0.29) is 12.2 Å². The third-order valence-corrected chi connectivity index (χ3v) is 11.0. The topological polar surface area (TPSA) is 9.23 Å². The molecule has 0 aromatic rings. The van der Waals surface area contributed by atoms with Gasteiger partial charge in [0.1, 0.15) is 0 Å². The summed E-state index contributed by atoms with van der Waals surface area (Å²) in [6.45, 7) is 4.05. The van der Waals surface area contributed by atoms with Gasteiger partial charge < -0.3 is 4.74 Å². The first-order chi connectivity index (χ1) is 32.6. The maximum Gasteiger partial charge on any atom is 0.438 e. The maximum atomic E-state index is 14.9. The first-order valence-electron chi connectivity index (χ1n) is 19.6. The number of allylic oxidation sites excluding steroid dienone is 2. The number of halogens is 38. The SMILES string of the molecule is C=CCC(CCCCCOCCCCCC(CC=C)C(F)(F)C(F)(F)C(F)(F)C(F)(F)C(F)(F)C(F)(F)C(F)(C(F)(F)F)C(F)(F)F)C(F)(F)C(F)(F)C(F)(F)C(F)(F)C(F)(F)C(F)(F)C(F)(C(F)(F)F)C(F)(F)F. The summed E-state index contributed by atoms with van der Waals surface area (Å²) in [5, 5.41) is 0. The molecular formula is C36H32F38O. The summed E-state index contributed by atoms with van der Waals surface area (Å²) < 4.78 is 529. The molecule has 0 spiro atoms. The van der Waals surface area contributed by atoms with Gasteiger partial charge >= 0.3 is 107 Å². The molecule has 1 nitrogen and oxygen atoms in total. The van der Waals surface area contributed by atoms with Gasteiger partial charge in [0, 0.05) is 25.0 Å². The molecule has 0 aromatic heterocycles. The first kappa shape index (κ1) is 71.8. The second kappa shape index (κ2) is 21.8. The maximum absolute atomic E-state index is 14.9. The lowest BCUT2D eigenvalue weighted by Gasteiger charge is -2.45. The minimum atomic E-state index is -9.24. The van der Waals surface area contributed by atoms with Crippen molar-refractivity contribution in [3.63, 3.8) is 0 Å². The van der Waals surface area contributed by atoms with Crippen molar-refractivity contribution in [1.29, 1.82) is 0 Å². The fourth-order valence-electron chi connectivity index (χ4n) is 6.52. The zero-order valence-corrected chi connectivity index (χ0v) is 36.0. The summed E-state index contributed by atoms with van der Waals surface area (Å²) in [5.41, 5.74) is -17.9. The molecule has 39 heteroatoms. The molecule has 2 unspecified atom stereocenters. The monoisotopic (exact) mass is 1200 g/mol. The minimum Gasteiger partial charge on any atom is -0.381 e. The van der Waals surface area contributed by atoms with Gasteiger partial charge in [0.25, 0.3) is 0 Å². The van der Waals surface area contributed by atoms with Gasteiger partial charge in [-0.05, 0) is 38.5 Å². The average Bonchev–Trinajstić information content (AvgIpc) is 3.21. The van der Waals surface area contributed by atoms with Crippen molar-refractivity contribution in [2.45, 2.75) is 171 Å². The van der Waals surface area contributed by atoms with Crippen LogP contribution >= 0.6 is 0 Å². The van der Waals surface area contributed by atoms with Gasteiger partial charge in [0.2, 0.25) is 0 Å². The van der Waals surface area contributed by atoms with Gasteiger partial charge in [-0.3, -0.25) is 0 Å². The molecule has 0 amide bonds. The van der Waals surface area contributed by atoms with Gasteiger partial charge in [-0.1, -0.05) is 37.8 Å². The molecule has 75 heavy (non-hydrogen) atoms. The third kappa shape index (κ3) is 11.2. The zero-order valence-electron chi connectivity index (χ0n) is 36.0. The number of unbranched alkanes of at least 4 members (excludes halogenated alkanes) is 4. The summed E-state index contributed by atoms with van der Waals surface area (Å²) >= 11 is 0. The summed E-state index contributed by atoms with van der Waals surface area (Å²) in [6, 6.07) is 0. The Bertz CT molecular complexity index is 1700. The summed E-state index contributed by atoms with van der Waals surface area (Å²) in [6.07, 6.45) is -44.6. The highest BCUT2D eigenvalue weighted by atomic mass is 19.5. The van der Waals surface area contributed by atoms with Crippen LogP contribution in [-0.4, -0.2) is 120 Å². The Morgan fingerprint density at radius 3 is 0.667 bits per heavy atom. The van der Waals surface area contributed by atoms with Gasteiger partial charge in [0.05, 0.1) is 0 Å². The average molecular weight is 1200 g/mol. The van der Waals surface area contributed by atoms with Crippen LogP contribution in [-0.2, 0) is 4.74 Å². The second-order valence-electron chi connectivity index (χ2n) is 16.1. The van der Waals surface area contributed by atoms with Crippen molar-refractivity contribution in [3.05, 3.63) is 25.3 Å². The zero-order chi connectivity index (χ0) is 60.8. The molecule has 2 atom stereocenters. The lowest BCUT2D eigenvalue weighted by molar-refractivity contribution is -0.473. The number of ether oxygens (including phenoxy) is 1. The Hall–Kier alpha value is -3.22. The molecule has 0 aromatic carbocycles. The van der Waals surface area contributed by atoms with Crippen LogP contribution in [0, 0.1) is 11.8 Å². The standard InChI is InChI=1S/C36H32F38O/c1-3-11-17(19(37,38)23(43,44)27(51,52)31(59,60)29(55,56)25(47,48)21(41,33(63,64)65)34(66,67)68)13-7-5-9-15-75-16-10-6-8-14-18(12-4-2)20(39,40)24(45,46)28(53,54)32(61,62)30(57,58)26(49,50)22(42,35(69,70)71)36(72,73)74/h3-4,17-18H,1-2,5-16H2. The lowest BCUT2D eigenvalue weighted by atomic mass is 9.80. The van der Waals surface area contributed by atoms with Crippen LogP contribution in [0.15, 0.2) is 25.3 Å². The molecule has 0 aliphatic heterocycles. The van der Waals surface area contributed by atoms with E-state index < -0.39 is 196 Å². The van der Waals surface area contributed by atoms with E-state index in [0.29, 0.717) is 0 Å². The normalized spacial score (nSPS) is 16.8. The van der Waals surface area contributed by atoms with Crippen LogP contribution in [0.3, 0.4) is 0 Å². The van der Waals surface area contributed by atoms with E-state index in [2.05, 4.69) is 13.2 Å². The smallest absolute Gasteiger partial charge is 0.381 e. The Kier molecular flexibility index (Phi) is 20.8. The second-order valence-corrected chi connectivity index (χ2v) is 16.1. The van der Waals surface area contributed by atoms with E-state index >= 15 is 0 Å². The lowest BCUT2D eigenvalue weighted by Crippen LogP contribution is -2.78. The molecule has 0 heterocycles. The fraction of sp³-hybridized carbons (Fsp3) is 0.889. The molecule has 0 aliphatic carbocycles. The number of rotatable bonds is 30. The molecule has 0 radical (unpaired) electrons. The Labute approximate surface area is 394 Å². The number of hydrogen-bond donors (Lipinski definition) is 0. The Morgan fingerprint density at radius 1 is 0.267 bits per heavy atom. The highest BCUT2D eigenvalue weighted by Gasteiger charge is 3.00. The molecule has 0 saturated heterocycles. The van der Waals surface area contributed by atoms with Crippen LogP contribution in [0.25, 0.3) is 0 Å². The summed E-state index contributed by atoms with van der Waals surface area (Å²) in [4.78, 5) is 0. The van der Waals surface area contributed by atoms with E-state index in [1.54, 1.807) is 0 Å². The van der Waals surface area contributed by atoms with Gasteiger partial charge in [0.15, 0.2) is 0 Å². The highest BCUT2D eigenvalue weighted by molar-refractivity contribution is 5.21. The number of alkyl halides is 38. The van der Waals surface area contributed by atoms with Crippen LogP contribution < -0.4 is 0 Å². The molecule has 0 bridgehead atoms. The van der Waals surface area contributed by atoms with Crippen molar-refractivity contribution in [2.75, 3.05) is 13.2 Å². The van der Waals surface area contributed by atoms with Crippen molar-refractivity contribution in [1.82, 2.24) is 0 Å². The quantitative estimate of drug-likeness (QED) is 0.0396. The van der Waals surface area contributed by atoms with E-state index in [1.807, 2.05) is 0 Å².